The van der Waals surface area contributed by atoms with Crippen molar-refractivity contribution in [2.45, 2.75) is 51.3 Å². The highest BCUT2D eigenvalue weighted by Crippen LogP contribution is 2.13. The summed E-state index contributed by atoms with van der Waals surface area (Å²) in [5.74, 6) is -1.04. The van der Waals surface area contributed by atoms with Gasteiger partial charge in [0.1, 0.15) is 17.7 Å². The molecule has 3 amide bonds. The number of amides is 3. The number of carbonyl (C=O) groups is 3. The zero-order valence-electron chi connectivity index (χ0n) is 20.6. The van der Waals surface area contributed by atoms with E-state index in [4.69, 9.17) is 9.29 Å². The van der Waals surface area contributed by atoms with Crippen LogP contribution in [0.3, 0.4) is 0 Å². The predicted octanol–water partition coefficient (Wildman–Crippen LogP) is 1.81. The maximum absolute atomic E-state index is 13.2. The topological polar surface area (TPSA) is 163 Å². The minimum absolute atomic E-state index is 0.0854. The number of nitrogens with one attached hydrogen (secondary N) is 4. The Hall–Kier alpha value is -3.64. The van der Waals surface area contributed by atoms with Gasteiger partial charge in [0.15, 0.2) is 0 Å². The van der Waals surface area contributed by atoms with Crippen LogP contribution in [0.1, 0.15) is 31.9 Å². The highest BCUT2D eigenvalue weighted by atomic mass is 32.2. The van der Waals surface area contributed by atoms with E-state index in [2.05, 4.69) is 16.0 Å². The fourth-order valence-corrected chi connectivity index (χ4v) is 3.69. The summed E-state index contributed by atoms with van der Waals surface area (Å²) < 4.78 is 38.0. The monoisotopic (exact) mass is 520 g/mol. The Bertz CT molecular complexity index is 1150. The number of rotatable bonds is 10. The van der Waals surface area contributed by atoms with E-state index in [1.165, 1.54) is 19.2 Å². The molecule has 0 fully saturated rings. The molecule has 36 heavy (non-hydrogen) atoms. The third-order valence-electron chi connectivity index (χ3n) is 4.81. The molecule has 0 bridgehead atoms. The third kappa shape index (κ3) is 10.3. The van der Waals surface area contributed by atoms with E-state index in [1.54, 1.807) is 32.9 Å². The van der Waals surface area contributed by atoms with Gasteiger partial charge in [-0.2, -0.15) is 8.42 Å². The maximum Gasteiger partial charge on any atom is 0.408 e. The number of anilines is 1. The van der Waals surface area contributed by atoms with E-state index < -0.39 is 45.9 Å². The standard InChI is InChI=1S/C24H32N4O7S/c1-24(2,3)35-23(31)27-20(14-16-8-6-5-7-9-16)22(30)26-19(21(29)25-4)15-17-10-12-18(13-11-17)28-36(32,33)34/h5-13,19-20,28H,14-15H2,1-4H3,(H,25,29)(H,26,30)(H,27,31)(H,32,33,34)/t19-,20+/m0/s1. The van der Waals surface area contributed by atoms with Gasteiger partial charge in [-0.25, -0.2) is 4.79 Å². The molecule has 0 aliphatic heterocycles. The molecule has 12 heteroatoms. The minimum atomic E-state index is -4.42. The third-order valence-corrected chi connectivity index (χ3v) is 5.30. The SMILES string of the molecule is CNC(=O)[C@H](Cc1ccc(NS(=O)(=O)O)cc1)NC(=O)[C@@H](Cc1ccccc1)NC(=O)OC(C)(C)C. The van der Waals surface area contributed by atoms with Crippen molar-refractivity contribution in [1.82, 2.24) is 16.0 Å². The normalized spacial score (nSPS) is 13.1. The van der Waals surface area contributed by atoms with E-state index in [9.17, 15) is 22.8 Å². The van der Waals surface area contributed by atoms with Gasteiger partial charge in [-0.15, -0.1) is 0 Å². The Morgan fingerprint density at radius 1 is 0.861 bits per heavy atom. The van der Waals surface area contributed by atoms with Crippen LogP contribution in [0.25, 0.3) is 0 Å². The van der Waals surface area contributed by atoms with E-state index in [1.807, 2.05) is 35.1 Å². The molecule has 0 spiro atoms. The number of likely N-dealkylation sites (N-methyl/N-ethyl adjacent to an activating group) is 1. The van der Waals surface area contributed by atoms with Crippen LogP contribution in [-0.2, 0) is 37.5 Å². The highest BCUT2D eigenvalue weighted by Gasteiger charge is 2.28. The van der Waals surface area contributed by atoms with Gasteiger partial charge >= 0.3 is 16.4 Å². The van der Waals surface area contributed by atoms with Crippen LogP contribution >= 0.6 is 0 Å². The number of benzene rings is 2. The Balaban J connectivity index is 2.19. The molecule has 0 radical (unpaired) electrons. The summed E-state index contributed by atoms with van der Waals surface area (Å²) in [4.78, 5) is 38.2. The van der Waals surface area contributed by atoms with Crippen molar-refractivity contribution in [2.75, 3.05) is 11.8 Å². The highest BCUT2D eigenvalue weighted by molar-refractivity contribution is 7.87. The number of carbonyl (C=O) groups excluding carboxylic acids is 3. The average molecular weight is 521 g/mol. The fraction of sp³-hybridized carbons (Fsp3) is 0.375. The number of ether oxygens (including phenoxy) is 1. The Kier molecular flexibility index (Phi) is 9.82. The van der Waals surface area contributed by atoms with E-state index in [0.29, 0.717) is 5.56 Å². The molecule has 0 aliphatic carbocycles. The second-order valence-corrected chi connectivity index (χ2v) is 10.2. The first-order valence-electron chi connectivity index (χ1n) is 11.2. The summed E-state index contributed by atoms with van der Waals surface area (Å²) in [5.41, 5.74) is 0.779. The molecule has 0 aliphatic rings. The summed E-state index contributed by atoms with van der Waals surface area (Å²) >= 11 is 0. The molecule has 2 aromatic rings. The second kappa shape index (κ2) is 12.4. The van der Waals surface area contributed by atoms with Crippen molar-refractivity contribution in [3.05, 3.63) is 65.7 Å². The number of hydrogen-bond acceptors (Lipinski definition) is 6. The van der Waals surface area contributed by atoms with Gasteiger partial charge in [0, 0.05) is 19.9 Å². The van der Waals surface area contributed by atoms with Gasteiger partial charge in [-0.3, -0.25) is 18.9 Å². The van der Waals surface area contributed by atoms with Crippen molar-refractivity contribution in [3.63, 3.8) is 0 Å². The van der Waals surface area contributed by atoms with Gasteiger partial charge in [0.05, 0.1) is 5.69 Å². The lowest BCUT2D eigenvalue weighted by atomic mass is 10.0. The summed E-state index contributed by atoms with van der Waals surface area (Å²) in [5, 5.41) is 7.77. The van der Waals surface area contributed by atoms with Gasteiger partial charge in [-0.05, 0) is 44.0 Å². The fourth-order valence-electron chi connectivity index (χ4n) is 3.26. The Labute approximate surface area is 210 Å². The maximum atomic E-state index is 13.2. The van der Waals surface area contributed by atoms with Crippen molar-refractivity contribution in [3.8, 4) is 0 Å². The zero-order chi connectivity index (χ0) is 26.9. The lowest BCUT2D eigenvalue weighted by Crippen LogP contribution is -2.55. The molecule has 2 aromatic carbocycles. The van der Waals surface area contributed by atoms with Crippen LogP contribution in [0.15, 0.2) is 54.6 Å². The molecular weight excluding hydrogens is 488 g/mol. The van der Waals surface area contributed by atoms with Crippen LogP contribution < -0.4 is 20.7 Å². The van der Waals surface area contributed by atoms with Crippen LogP contribution in [-0.4, -0.2) is 55.6 Å². The first-order valence-corrected chi connectivity index (χ1v) is 12.6. The van der Waals surface area contributed by atoms with Crippen molar-refractivity contribution >= 4 is 33.9 Å². The van der Waals surface area contributed by atoms with Gasteiger partial charge < -0.3 is 20.7 Å². The largest absolute Gasteiger partial charge is 0.444 e. The Morgan fingerprint density at radius 2 is 1.39 bits per heavy atom. The summed E-state index contributed by atoms with van der Waals surface area (Å²) in [6, 6.07) is 13.0. The molecule has 2 atom stereocenters. The molecule has 0 aromatic heterocycles. The summed E-state index contributed by atoms with van der Waals surface area (Å²) in [6.07, 6.45) is -0.512. The zero-order valence-corrected chi connectivity index (χ0v) is 21.4. The van der Waals surface area contributed by atoms with Gasteiger partial charge in [-0.1, -0.05) is 42.5 Å². The van der Waals surface area contributed by atoms with Crippen LogP contribution in [0.2, 0.25) is 0 Å². The second-order valence-electron chi connectivity index (χ2n) is 9.04. The molecule has 0 saturated heterocycles. The lowest BCUT2D eigenvalue weighted by Gasteiger charge is -2.25. The van der Waals surface area contributed by atoms with E-state index in [-0.39, 0.29) is 18.5 Å². The first kappa shape index (κ1) is 28.6. The average Bonchev–Trinajstić information content (AvgIpc) is 2.77. The molecule has 0 saturated carbocycles. The van der Waals surface area contributed by atoms with Crippen molar-refractivity contribution in [2.24, 2.45) is 0 Å². The first-order chi connectivity index (χ1) is 16.8. The van der Waals surface area contributed by atoms with Gasteiger partial charge in [0.25, 0.3) is 0 Å². The minimum Gasteiger partial charge on any atom is -0.444 e. The van der Waals surface area contributed by atoms with Crippen LogP contribution in [0, 0.1) is 0 Å². The quantitative estimate of drug-likeness (QED) is 0.298. The van der Waals surface area contributed by atoms with E-state index >= 15 is 0 Å². The van der Waals surface area contributed by atoms with Crippen LogP contribution in [0.5, 0.6) is 0 Å². The summed E-state index contributed by atoms with van der Waals surface area (Å²) in [6.45, 7) is 5.12. The lowest BCUT2D eigenvalue weighted by molar-refractivity contribution is -0.129. The van der Waals surface area contributed by atoms with Crippen LogP contribution in [0.4, 0.5) is 10.5 Å². The molecule has 2 rings (SSSR count). The number of alkyl carbamates (subject to hydrolysis) is 1. The molecule has 0 unspecified atom stereocenters. The smallest absolute Gasteiger partial charge is 0.408 e. The molecule has 5 N–H and O–H groups in total. The van der Waals surface area contributed by atoms with Gasteiger partial charge in [0.2, 0.25) is 11.8 Å². The van der Waals surface area contributed by atoms with Crippen molar-refractivity contribution < 1.29 is 32.1 Å². The molecule has 196 valence electrons. The molecule has 0 heterocycles. The van der Waals surface area contributed by atoms with Crippen molar-refractivity contribution in [1.29, 1.82) is 0 Å². The number of hydrogen-bond donors (Lipinski definition) is 5. The summed E-state index contributed by atoms with van der Waals surface area (Å²) in [7, 11) is -2.99. The Morgan fingerprint density at radius 3 is 1.89 bits per heavy atom. The molecular formula is C24H32N4O7S. The van der Waals surface area contributed by atoms with E-state index in [0.717, 1.165) is 5.56 Å². The predicted molar refractivity (Wildman–Crippen MR) is 135 cm³/mol. The molecule has 11 nitrogen and oxygen atoms in total.